The molecule has 0 aliphatic rings. The molecule has 0 saturated heterocycles. The highest BCUT2D eigenvalue weighted by atomic mass is 16.2. The van der Waals surface area contributed by atoms with E-state index in [1.54, 1.807) is 17.6 Å². The van der Waals surface area contributed by atoms with Gasteiger partial charge in [-0.25, -0.2) is 9.97 Å². The normalized spacial score (nSPS) is 10.6. The Morgan fingerprint density at radius 2 is 1.57 bits per heavy atom. The van der Waals surface area contributed by atoms with Crippen molar-refractivity contribution in [2.45, 2.75) is 32.1 Å². The first-order valence-electron chi connectivity index (χ1n) is 7.66. The SMILES string of the molecule is NC(=O)CCCC(=O)N(CCc1c[nH]cn1)CCc1c[nH]cn1. The maximum absolute atomic E-state index is 12.4. The van der Waals surface area contributed by atoms with Crippen LogP contribution in [0.5, 0.6) is 0 Å². The van der Waals surface area contributed by atoms with Crippen molar-refractivity contribution in [2.24, 2.45) is 5.73 Å². The van der Waals surface area contributed by atoms with Gasteiger partial charge in [0.2, 0.25) is 11.8 Å². The fourth-order valence-corrected chi connectivity index (χ4v) is 2.29. The van der Waals surface area contributed by atoms with Crippen molar-refractivity contribution in [1.82, 2.24) is 24.8 Å². The number of aromatic nitrogens is 4. The van der Waals surface area contributed by atoms with Gasteiger partial charge in [0.25, 0.3) is 0 Å². The van der Waals surface area contributed by atoms with Crippen molar-refractivity contribution in [3.8, 4) is 0 Å². The van der Waals surface area contributed by atoms with E-state index < -0.39 is 0 Å². The molecule has 0 saturated carbocycles. The lowest BCUT2D eigenvalue weighted by molar-refractivity contribution is -0.131. The number of primary amides is 1. The summed E-state index contributed by atoms with van der Waals surface area (Å²) in [6.07, 6.45) is 9.30. The minimum absolute atomic E-state index is 0.0253. The Morgan fingerprint density at radius 1 is 1.00 bits per heavy atom. The largest absolute Gasteiger partial charge is 0.370 e. The van der Waals surface area contributed by atoms with Gasteiger partial charge in [-0.2, -0.15) is 0 Å². The number of nitrogens with one attached hydrogen (secondary N) is 2. The highest BCUT2D eigenvalue weighted by molar-refractivity contribution is 5.78. The second kappa shape index (κ2) is 8.72. The topological polar surface area (TPSA) is 121 Å². The van der Waals surface area contributed by atoms with Gasteiger partial charge >= 0.3 is 0 Å². The Morgan fingerprint density at radius 3 is 2.00 bits per heavy atom. The molecule has 0 aromatic carbocycles. The number of imidazole rings is 2. The average Bonchev–Trinajstić information content (AvgIpc) is 3.20. The van der Waals surface area contributed by atoms with E-state index in [-0.39, 0.29) is 18.2 Å². The molecular formula is C15H22N6O2. The molecule has 2 aromatic rings. The number of hydrogen-bond acceptors (Lipinski definition) is 4. The molecular weight excluding hydrogens is 296 g/mol. The molecule has 0 spiro atoms. The molecule has 8 nitrogen and oxygen atoms in total. The van der Waals surface area contributed by atoms with Gasteiger partial charge in [-0.3, -0.25) is 9.59 Å². The van der Waals surface area contributed by atoms with Crippen LogP contribution in [0.15, 0.2) is 25.0 Å². The molecule has 0 aliphatic heterocycles. The van der Waals surface area contributed by atoms with E-state index in [9.17, 15) is 9.59 Å². The molecule has 2 aromatic heterocycles. The third kappa shape index (κ3) is 5.93. The molecule has 0 radical (unpaired) electrons. The summed E-state index contributed by atoms with van der Waals surface area (Å²) in [4.78, 5) is 39.1. The summed E-state index contributed by atoms with van der Waals surface area (Å²) in [6.45, 7) is 1.18. The van der Waals surface area contributed by atoms with Crippen LogP contribution in [-0.4, -0.2) is 49.7 Å². The summed E-state index contributed by atoms with van der Waals surface area (Å²) in [5.41, 5.74) is 6.95. The summed E-state index contributed by atoms with van der Waals surface area (Å²) in [5, 5.41) is 0. The minimum Gasteiger partial charge on any atom is -0.370 e. The van der Waals surface area contributed by atoms with E-state index in [2.05, 4.69) is 19.9 Å². The number of carbonyl (C=O) groups excluding carboxylic acids is 2. The quantitative estimate of drug-likeness (QED) is 0.587. The minimum atomic E-state index is -0.377. The van der Waals surface area contributed by atoms with Crippen molar-refractivity contribution < 1.29 is 9.59 Å². The van der Waals surface area contributed by atoms with Crippen LogP contribution in [0, 0.1) is 0 Å². The molecule has 0 atom stereocenters. The lowest BCUT2D eigenvalue weighted by atomic mass is 10.2. The zero-order chi connectivity index (χ0) is 16.5. The molecule has 8 heteroatoms. The monoisotopic (exact) mass is 318 g/mol. The van der Waals surface area contributed by atoms with Crippen LogP contribution in [0.1, 0.15) is 30.7 Å². The van der Waals surface area contributed by atoms with E-state index in [4.69, 9.17) is 5.73 Å². The van der Waals surface area contributed by atoms with Gasteiger partial charge in [0.15, 0.2) is 0 Å². The first kappa shape index (κ1) is 16.7. The van der Waals surface area contributed by atoms with E-state index in [1.165, 1.54) is 0 Å². The van der Waals surface area contributed by atoms with E-state index in [0.717, 1.165) is 11.4 Å². The van der Waals surface area contributed by atoms with Crippen LogP contribution in [0.2, 0.25) is 0 Å². The van der Waals surface area contributed by atoms with Crippen LogP contribution < -0.4 is 5.73 Å². The molecule has 23 heavy (non-hydrogen) atoms. The average molecular weight is 318 g/mol. The third-order valence-electron chi connectivity index (χ3n) is 3.55. The maximum Gasteiger partial charge on any atom is 0.222 e. The number of H-pyrrole nitrogens is 2. The summed E-state index contributed by atoms with van der Waals surface area (Å²) in [6, 6.07) is 0. The van der Waals surface area contributed by atoms with Gasteiger partial charge in [0.1, 0.15) is 0 Å². The number of nitrogens with zero attached hydrogens (tertiary/aromatic N) is 3. The van der Waals surface area contributed by atoms with Crippen LogP contribution in [0.25, 0.3) is 0 Å². The molecule has 4 N–H and O–H groups in total. The third-order valence-corrected chi connectivity index (χ3v) is 3.55. The fraction of sp³-hybridized carbons (Fsp3) is 0.467. The van der Waals surface area contributed by atoms with Crippen LogP contribution in [0.4, 0.5) is 0 Å². The molecule has 124 valence electrons. The van der Waals surface area contributed by atoms with E-state index in [0.29, 0.717) is 38.8 Å². The molecule has 0 bridgehead atoms. The summed E-state index contributed by atoms with van der Waals surface area (Å²) in [5.74, 6) is -0.352. The summed E-state index contributed by atoms with van der Waals surface area (Å²) < 4.78 is 0. The van der Waals surface area contributed by atoms with Crippen LogP contribution in [0.3, 0.4) is 0 Å². The fourth-order valence-electron chi connectivity index (χ4n) is 2.29. The number of amides is 2. The highest BCUT2D eigenvalue weighted by Gasteiger charge is 2.14. The number of nitrogens with two attached hydrogens (primary N) is 1. The van der Waals surface area contributed by atoms with Crippen molar-refractivity contribution in [1.29, 1.82) is 0 Å². The number of carbonyl (C=O) groups is 2. The zero-order valence-corrected chi connectivity index (χ0v) is 13.0. The molecule has 2 heterocycles. The van der Waals surface area contributed by atoms with Gasteiger partial charge in [0, 0.05) is 51.2 Å². The van der Waals surface area contributed by atoms with E-state index >= 15 is 0 Å². The Labute approximate surface area is 134 Å². The number of hydrogen-bond donors (Lipinski definition) is 3. The lowest BCUT2D eigenvalue weighted by Crippen LogP contribution is -2.34. The molecule has 0 fully saturated rings. The first-order valence-corrected chi connectivity index (χ1v) is 7.66. The molecule has 2 rings (SSSR count). The van der Waals surface area contributed by atoms with Gasteiger partial charge in [0.05, 0.1) is 24.0 Å². The van der Waals surface area contributed by atoms with Crippen LogP contribution >= 0.6 is 0 Å². The Hall–Kier alpha value is -2.64. The Balaban J connectivity index is 1.86. The van der Waals surface area contributed by atoms with Crippen LogP contribution in [-0.2, 0) is 22.4 Å². The Kier molecular flexibility index (Phi) is 6.34. The van der Waals surface area contributed by atoms with Crippen molar-refractivity contribution in [3.05, 3.63) is 36.4 Å². The smallest absolute Gasteiger partial charge is 0.222 e. The standard InChI is InChI=1S/C15H22N6O2/c16-14(22)2-1-3-15(23)21(6-4-12-8-17-10-19-12)7-5-13-9-18-11-20-13/h8-11H,1-7H2,(H2,16,22)(H,17,19)(H,18,20). The van der Waals surface area contributed by atoms with E-state index in [1.807, 2.05) is 12.4 Å². The second-order valence-corrected chi connectivity index (χ2v) is 5.32. The van der Waals surface area contributed by atoms with Gasteiger partial charge in [-0.05, 0) is 6.42 Å². The van der Waals surface area contributed by atoms with Crippen molar-refractivity contribution in [2.75, 3.05) is 13.1 Å². The Bertz CT molecular complexity index is 555. The molecule has 0 unspecified atom stereocenters. The van der Waals surface area contributed by atoms with Gasteiger partial charge in [-0.1, -0.05) is 0 Å². The van der Waals surface area contributed by atoms with Gasteiger partial charge in [-0.15, -0.1) is 0 Å². The zero-order valence-electron chi connectivity index (χ0n) is 13.0. The number of rotatable bonds is 10. The maximum atomic E-state index is 12.4. The first-order chi connectivity index (χ1) is 11.1. The van der Waals surface area contributed by atoms with Crippen molar-refractivity contribution >= 4 is 11.8 Å². The summed E-state index contributed by atoms with van der Waals surface area (Å²) >= 11 is 0. The van der Waals surface area contributed by atoms with Gasteiger partial charge < -0.3 is 20.6 Å². The number of aromatic amines is 2. The molecule has 0 aliphatic carbocycles. The predicted octanol–water partition coefficient (Wildman–Crippen LogP) is 0.402. The molecule has 2 amide bonds. The summed E-state index contributed by atoms with van der Waals surface area (Å²) in [7, 11) is 0. The lowest BCUT2D eigenvalue weighted by Gasteiger charge is -2.22. The predicted molar refractivity (Wildman–Crippen MR) is 84.2 cm³/mol. The highest BCUT2D eigenvalue weighted by Crippen LogP contribution is 2.05. The second-order valence-electron chi connectivity index (χ2n) is 5.32. The van der Waals surface area contributed by atoms with Crippen molar-refractivity contribution in [3.63, 3.8) is 0 Å².